The summed E-state index contributed by atoms with van der Waals surface area (Å²) in [5, 5.41) is 15.3. The maximum Gasteiger partial charge on any atom is 0.422 e. The number of hydrogen-bond donors (Lipinski definition) is 3. The van der Waals surface area contributed by atoms with Crippen molar-refractivity contribution in [1.29, 1.82) is 0 Å². The van der Waals surface area contributed by atoms with Gasteiger partial charge in [-0.3, -0.25) is 9.59 Å². The first-order valence-electron chi connectivity index (χ1n) is 12.0. The van der Waals surface area contributed by atoms with Gasteiger partial charge in [-0.1, -0.05) is 0 Å². The normalized spacial score (nSPS) is 15.2. The molecule has 3 rings (SSSR count). The van der Waals surface area contributed by atoms with Gasteiger partial charge in [0.25, 0.3) is 11.8 Å². The van der Waals surface area contributed by atoms with Crippen molar-refractivity contribution in [2.24, 2.45) is 0 Å². The molecule has 1 aliphatic heterocycles. The van der Waals surface area contributed by atoms with Crippen molar-refractivity contribution in [3.8, 4) is 5.88 Å². The lowest BCUT2D eigenvalue weighted by Crippen LogP contribution is -2.37. The van der Waals surface area contributed by atoms with Gasteiger partial charge in [0.2, 0.25) is 5.88 Å². The Bertz CT molecular complexity index is 1130. The number of rotatable bonds is 8. The predicted octanol–water partition coefficient (Wildman–Crippen LogP) is 3.92. The monoisotopic (exact) mass is 523 g/mol. The van der Waals surface area contributed by atoms with E-state index in [1.165, 1.54) is 26.0 Å². The van der Waals surface area contributed by atoms with Gasteiger partial charge < -0.3 is 25.4 Å². The first kappa shape index (κ1) is 28.2. The highest BCUT2D eigenvalue weighted by atomic mass is 19.4. The number of pyridine rings is 2. The third-order valence-electron chi connectivity index (χ3n) is 5.75. The van der Waals surface area contributed by atoms with Crippen LogP contribution in [0.4, 0.5) is 24.8 Å². The maximum absolute atomic E-state index is 13.3. The van der Waals surface area contributed by atoms with Gasteiger partial charge in [0.15, 0.2) is 6.61 Å². The fourth-order valence-electron chi connectivity index (χ4n) is 3.83. The Morgan fingerprint density at radius 3 is 2.43 bits per heavy atom. The van der Waals surface area contributed by atoms with Crippen LogP contribution in [0, 0.1) is 6.92 Å². The first-order chi connectivity index (χ1) is 17.2. The number of aryl methyl sites for hydroxylation is 1. The van der Waals surface area contributed by atoms with E-state index in [0.29, 0.717) is 24.3 Å². The molecule has 1 saturated heterocycles. The van der Waals surface area contributed by atoms with E-state index in [1.54, 1.807) is 26.0 Å². The summed E-state index contributed by atoms with van der Waals surface area (Å²) >= 11 is 0. The number of aromatic nitrogens is 2. The van der Waals surface area contributed by atoms with Gasteiger partial charge in [-0.05, 0) is 70.7 Å². The molecule has 202 valence electrons. The largest absolute Gasteiger partial charge is 0.468 e. The van der Waals surface area contributed by atoms with Gasteiger partial charge in [0.05, 0.1) is 11.6 Å². The van der Waals surface area contributed by atoms with Crippen LogP contribution in [0.3, 0.4) is 0 Å². The van der Waals surface area contributed by atoms with Crippen LogP contribution in [0.25, 0.3) is 0 Å². The smallest absolute Gasteiger partial charge is 0.422 e. The molecule has 2 aromatic rings. The Kier molecular flexibility index (Phi) is 8.62. The number of carbonyl (C=O) groups is 2. The van der Waals surface area contributed by atoms with E-state index in [2.05, 4.69) is 20.6 Å². The summed E-state index contributed by atoms with van der Waals surface area (Å²) < 4.78 is 42.7. The molecule has 37 heavy (non-hydrogen) atoms. The fourth-order valence-corrected chi connectivity index (χ4v) is 3.83. The molecule has 0 aromatic carbocycles. The van der Waals surface area contributed by atoms with Crippen LogP contribution in [0.1, 0.15) is 67.7 Å². The van der Waals surface area contributed by atoms with Gasteiger partial charge in [0.1, 0.15) is 17.2 Å². The van der Waals surface area contributed by atoms with Gasteiger partial charge in [-0.15, -0.1) is 0 Å². The Labute approximate surface area is 213 Å². The van der Waals surface area contributed by atoms with E-state index >= 15 is 0 Å². The Hall–Kier alpha value is -3.41. The average Bonchev–Trinajstić information content (AvgIpc) is 2.81. The van der Waals surface area contributed by atoms with Crippen LogP contribution >= 0.6 is 0 Å². The molecule has 1 unspecified atom stereocenters. The quantitative estimate of drug-likeness (QED) is 0.480. The molecule has 1 atom stereocenters. The number of nitrogens with zero attached hydrogens (tertiary/aromatic N) is 3. The molecule has 12 heteroatoms. The van der Waals surface area contributed by atoms with Crippen molar-refractivity contribution in [1.82, 2.24) is 15.3 Å². The van der Waals surface area contributed by atoms with Crippen molar-refractivity contribution >= 4 is 23.5 Å². The minimum absolute atomic E-state index is 0.209. The lowest BCUT2D eigenvalue weighted by molar-refractivity contribution is -0.154. The number of alkyl halides is 3. The highest BCUT2D eigenvalue weighted by Gasteiger charge is 2.30. The molecule has 0 spiro atoms. The minimum atomic E-state index is -4.51. The molecule has 0 radical (unpaired) electrons. The molecule has 3 N–H and O–H groups in total. The molecule has 0 saturated carbocycles. The maximum atomic E-state index is 13.3. The average molecular weight is 524 g/mol. The minimum Gasteiger partial charge on any atom is -0.468 e. The van der Waals surface area contributed by atoms with Gasteiger partial charge >= 0.3 is 6.18 Å². The number of anilines is 2. The molecule has 3 heterocycles. The second-order valence-electron chi connectivity index (χ2n) is 9.61. The van der Waals surface area contributed by atoms with Gasteiger partial charge in [-0.2, -0.15) is 18.2 Å². The van der Waals surface area contributed by atoms with Crippen LogP contribution < -0.4 is 20.3 Å². The van der Waals surface area contributed by atoms with Crippen molar-refractivity contribution in [3.05, 3.63) is 41.1 Å². The van der Waals surface area contributed by atoms with E-state index < -0.39 is 36.2 Å². The van der Waals surface area contributed by atoms with Crippen LogP contribution in [0.15, 0.2) is 24.3 Å². The zero-order valence-corrected chi connectivity index (χ0v) is 21.3. The second kappa shape index (κ2) is 11.3. The highest BCUT2D eigenvalue weighted by Crippen LogP contribution is 2.27. The fraction of sp³-hybridized carbons (Fsp3) is 0.520. The van der Waals surface area contributed by atoms with Gasteiger partial charge in [-0.25, -0.2) is 4.98 Å². The second-order valence-corrected chi connectivity index (χ2v) is 9.61. The molecule has 1 fully saturated rings. The van der Waals surface area contributed by atoms with Crippen LogP contribution in [0.5, 0.6) is 5.88 Å². The zero-order chi connectivity index (χ0) is 27.4. The van der Waals surface area contributed by atoms with Crippen molar-refractivity contribution < 1.29 is 32.6 Å². The van der Waals surface area contributed by atoms with E-state index in [1.807, 2.05) is 4.90 Å². The number of aliphatic hydroxyl groups is 1. The third-order valence-corrected chi connectivity index (χ3v) is 5.75. The van der Waals surface area contributed by atoms with Crippen LogP contribution in [-0.4, -0.2) is 58.4 Å². The molecule has 0 bridgehead atoms. The topological polar surface area (TPSA) is 117 Å². The summed E-state index contributed by atoms with van der Waals surface area (Å²) in [5.41, 5.74) is -0.135. The standard InChI is InChI=1S/C25H32F3N5O4/c1-15-12-17(13-19(29-15)31-23(35)24(3,4)36)16(2)30-22(34)18-8-9-20(37-14-25(26,27)28)32-21(18)33-10-6-5-7-11-33/h8-9,12-13,16,36H,5-7,10-11,14H2,1-4H3,(H,30,34)(H,29,31,35). The number of nitrogens with one attached hydrogen (secondary N) is 2. The Morgan fingerprint density at radius 1 is 1.14 bits per heavy atom. The number of carbonyl (C=O) groups excluding carboxylic acids is 2. The van der Waals surface area contributed by atoms with Crippen molar-refractivity contribution in [2.45, 2.75) is 64.8 Å². The summed E-state index contributed by atoms with van der Waals surface area (Å²) in [6.45, 7) is 5.97. The summed E-state index contributed by atoms with van der Waals surface area (Å²) in [7, 11) is 0. The molecule has 2 aromatic heterocycles. The summed E-state index contributed by atoms with van der Waals surface area (Å²) in [6.07, 6.45) is -1.73. The third kappa shape index (κ3) is 8.04. The molecule has 2 amide bonds. The Balaban J connectivity index is 1.82. The van der Waals surface area contributed by atoms with E-state index in [-0.39, 0.29) is 23.1 Å². The van der Waals surface area contributed by atoms with Gasteiger partial charge in [0, 0.05) is 24.8 Å². The van der Waals surface area contributed by atoms with E-state index in [9.17, 15) is 27.9 Å². The lowest BCUT2D eigenvalue weighted by Gasteiger charge is -2.29. The SMILES string of the molecule is Cc1cc(C(C)NC(=O)c2ccc(OCC(F)(F)F)nc2N2CCCCC2)cc(NC(=O)C(C)(C)O)n1. The molecule has 0 aliphatic carbocycles. The number of halogens is 3. The van der Waals surface area contributed by atoms with Crippen LogP contribution in [-0.2, 0) is 4.79 Å². The lowest BCUT2D eigenvalue weighted by atomic mass is 10.1. The van der Waals surface area contributed by atoms with Crippen molar-refractivity contribution in [2.75, 3.05) is 29.9 Å². The van der Waals surface area contributed by atoms with E-state index in [0.717, 1.165) is 19.3 Å². The molecule has 9 nitrogen and oxygen atoms in total. The number of piperidine rings is 1. The highest BCUT2D eigenvalue weighted by molar-refractivity contribution is 5.99. The number of amides is 2. The molecular formula is C25H32F3N5O4. The van der Waals surface area contributed by atoms with E-state index in [4.69, 9.17) is 4.74 Å². The molecule has 1 aliphatic rings. The zero-order valence-electron chi connectivity index (χ0n) is 21.3. The predicted molar refractivity (Wildman–Crippen MR) is 132 cm³/mol. The first-order valence-corrected chi connectivity index (χ1v) is 12.0. The Morgan fingerprint density at radius 2 is 1.81 bits per heavy atom. The van der Waals surface area contributed by atoms with Crippen LogP contribution in [0.2, 0.25) is 0 Å². The summed E-state index contributed by atoms with van der Waals surface area (Å²) in [6, 6.07) is 5.50. The molecular weight excluding hydrogens is 491 g/mol. The summed E-state index contributed by atoms with van der Waals surface area (Å²) in [5.74, 6) is -0.796. The number of ether oxygens (including phenoxy) is 1. The summed E-state index contributed by atoms with van der Waals surface area (Å²) in [4.78, 5) is 35.8. The number of hydrogen-bond acceptors (Lipinski definition) is 7. The van der Waals surface area contributed by atoms with Crippen molar-refractivity contribution in [3.63, 3.8) is 0 Å².